The number of halogens is 9. The van der Waals surface area contributed by atoms with Gasteiger partial charge < -0.3 is 0 Å². The van der Waals surface area contributed by atoms with Gasteiger partial charge in [0.15, 0.2) is 0 Å². The molecule has 4 rings (SSSR count). The van der Waals surface area contributed by atoms with E-state index in [0.717, 1.165) is 16.5 Å². The number of hydrogen-bond donors (Lipinski definition) is 0. The van der Waals surface area contributed by atoms with Crippen molar-refractivity contribution in [2.45, 2.75) is 67.6 Å². The Morgan fingerprint density at radius 1 is 0.730 bits per heavy atom. The minimum atomic E-state index is -5.09. The minimum Gasteiger partial charge on any atom is -0.220 e. The predicted molar refractivity (Wildman–Crippen MR) is 113 cm³/mol. The normalized spacial score (nSPS) is 20.4. The topological polar surface area (TPSA) is 40.6 Å². The van der Waals surface area contributed by atoms with Gasteiger partial charge in [0.1, 0.15) is 0 Å². The third-order valence-electron chi connectivity index (χ3n) is 6.29. The average molecular weight is 560 g/mol. The lowest BCUT2D eigenvalue weighted by molar-refractivity contribution is -0.143. The van der Waals surface area contributed by atoms with Crippen LogP contribution in [-0.4, -0.2) is 30.4 Å². The summed E-state index contributed by atoms with van der Waals surface area (Å²) < 4.78 is 148. The summed E-state index contributed by atoms with van der Waals surface area (Å²) in [4.78, 5) is -0.668. The lowest BCUT2D eigenvalue weighted by Crippen LogP contribution is -2.51. The summed E-state index contributed by atoms with van der Waals surface area (Å²) in [5, 5.41) is 1.20. The van der Waals surface area contributed by atoms with E-state index in [1.807, 2.05) is 0 Å². The number of alkyl halides is 9. The Bertz CT molecular complexity index is 1220. The summed E-state index contributed by atoms with van der Waals surface area (Å²) in [7, 11) is -4.62. The highest BCUT2D eigenvalue weighted by Gasteiger charge is 2.46. The van der Waals surface area contributed by atoms with Crippen molar-refractivity contribution >= 4 is 10.0 Å². The fraction of sp³-hybridized carbons (Fsp3) is 0.478. The molecular formula is C23H21F9N2O2S. The third-order valence-corrected chi connectivity index (χ3v) is 8.14. The summed E-state index contributed by atoms with van der Waals surface area (Å²) in [6.07, 6.45) is -13.5. The lowest BCUT2D eigenvalue weighted by Gasteiger charge is -2.43. The van der Waals surface area contributed by atoms with E-state index < -0.39 is 62.2 Å². The average Bonchev–Trinajstić information content (AvgIpc) is 3.62. The Balaban J connectivity index is 1.81. The molecule has 204 valence electrons. The SMILES string of the molecule is O=S(=O)(c1cccc(C(F)(F)F)c1)N(C1CC1)N1CCCCC1c1cc(C(F)(F)F)cc(C(F)(F)F)c1. The Morgan fingerprint density at radius 2 is 1.30 bits per heavy atom. The van der Waals surface area contributed by atoms with Crippen molar-refractivity contribution < 1.29 is 47.9 Å². The van der Waals surface area contributed by atoms with E-state index in [2.05, 4.69) is 0 Å². The van der Waals surface area contributed by atoms with E-state index in [1.165, 1.54) is 5.01 Å². The van der Waals surface area contributed by atoms with Crippen LogP contribution in [0.25, 0.3) is 0 Å². The van der Waals surface area contributed by atoms with E-state index in [4.69, 9.17) is 0 Å². The third kappa shape index (κ3) is 5.90. The van der Waals surface area contributed by atoms with Crippen LogP contribution < -0.4 is 0 Å². The predicted octanol–water partition coefficient (Wildman–Crippen LogP) is 7.04. The summed E-state index contributed by atoms with van der Waals surface area (Å²) in [6, 6.07) is 2.37. The molecule has 0 spiro atoms. The molecule has 14 heteroatoms. The first-order chi connectivity index (χ1) is 17.0. The Kier molecular flexibility index (Phi) is 7.08. The van der Waals surface area contributed by atoms with Crippen LogP contribution in [0.1, 0.15) is 60.4 Å². The second kappa shape index (κ2) is 9.45. The van der Waals surface area contributed by atoms with Crippen molar-refractivity contribution in [1.82, 2.24) is 9.42 Å². The lowest BCUT2D eigenvalue weighted by atomic mass is 9.93. The van der Waals surface area contributed by atoms with Crippen molar-refractivity contribution in [3.63, 3.8) is 0 Å². The molecule has 0 radical (unpaired) electrons. The molecule has 0 amide bonds. The molecule has 4 nitrogen and oxygen atoms in total. The van der Waals surface area contributed by atoms with Gasteiger partial charge in [0.2, 0.25) is 0 Å². The highest BCUT2D eigenvalue weighted by molar-refractivity contribution is 7.89. The number of rotatable bonds is 5. The largest absolute Gasteiger partial charge is 0.416 e. The summed E-state index contributed by atoms with van der Waals surface area (Å²) in [5.74, 6) is 0. The van der Waals surface area contributed by atoms with Gasteiger partial charge in [-0.2, -0.15) is 39.5 Å². The highest BCUT2D eigenvalue weighted by atomic mass is 32.2. The number of piperidine rings is 1. The van der Waals surface area contributed by atoms with Gasteiger partial charge in [0, 0.05) is 12.6 Å². The van der Waals surface area contributed by atoms with E-state index in [1.54, 1.807) is 0 Å². The minimum absolute atomic E-state index is 0.00525. The van der Waals surface area contributed by atoms with E-state index in [9.17, 15) is 47.9 Å². The molecular weight excluding hydrogens is 539 g/mol. The molecule has 1 heterocycles. The number of benzene rings is 2. The van der Waals surface area contributed by atoms with Crippen molar-refractivity contribution in [2.24, 2.45) is 0 Å². The maximum absolute atomic E-state index is 13.6. The second-order valence-corrected chi connectivity index (χ2v) is 10.8. The van der Waals surface area contributed by atoms with Gasteiger partial charge in [-0.15, -0.1) is 4.41 Å². The molecule has 37 heavy (non-hydrogen) atoms. The molecule has 2 aliphatic rings. The van der Waals surface area contributed by atoms with Crippen LogP contribution in [0.5, 0.6) is 0 Å². The molecule has 1 unspecified atom stereocenters. The van der Waals surface area contributed by atoms with Crippen LogP contribution in [0.4, 0.5) is 39.5 Å². The second-order valence-electron chi connectivity index (χ2n) is 9.05. The monoisotopic (exact) mass is 560 g/mol. The zero-order chi connectivity index (χ0) is 27.4. The maximum Gasteiger partial charge on any atom is 0.416 e. The van der Waals surface area contributed by atoms with Crippen LogP contribution >= 0.6 is 0 Å². The smallest absolute Gasteiger partial charge is 0.220 e. The summed E-state index contributed by atoms with van der Waals surface area (Å²) in [5.41, 5.74) is -4.62. The first-order valence-corrected chi connectivity index (χ1v) is 12.7. The van der Waals surface area contributed by atoms with Crippen LogP contribution in [0.3, 0.4) is 0 Å². The first kappa shape index (κ1) is 27.7. The van der Waals surface area contributed by atoms with Crippen LogP contribution in [0, 0.1) is 0 Å². The number of hydrazine groups is 1. The van der Waals surface area contributed by atoms with Gasteiger partial charge in [-0.05, 0) is 67.6 Å². The number of nitrogens with zero attached hydrogens (tertiary/aromatic N) is 2. The van der Waals surface area contributed by atoms with E-state index in [-0.39, 0.29) is 24.6 Å². The van der Waals surface area contributed by atoms with Gasteiger partial charge in [-0.25, -0.2) is 13.4 Å². The number of hydrogen-bond acceptors (Lipinski definition) is 3. The summed E-state index contributed by atoms with van der Waals surface area (Å²) in [6.45, 7) is -0.0169. The highest BCUT2D eigenvalue weighted by Crippen LogP contribution is 2.44. The van der Waals surface area contributed by atoms with Crippen molar-refractivity contribution in [3.05, 3.63) is 64.7 Å². The Hall–Kier alpha value is -2.32. The number of sulfonamides is 1. The molecule has 0 aromatic heterocycles. The fourth-order valence-corrected chi connectivity index (χ4v) is 6.26. The molecule has 1 saturated carbocycles. The van der Waals surface area contributed by atoms with Crippen LogP contribution in [0.15, 0.2) is 47.4 Å². The standard InChI is InChI=1S/C23H21F9N2O2S/c24-21(25,26)15-4-3-5-19(13-15)37(35,36)34(18-7-8-18)33-9-2-1-6-20(33)14-10-16(22(27,28)29)12-17(11-14)23(30,31)32/h3-5,10-13,18,20H,1-2,6-9H2. The van der Waals surface area contributed by atoms with Gasteiger partial charge >= 0.3 is 18.5 Å². The van der Waals surface area contributed by atoms with E-state index in [0.29, 0.717) is 49.9 Å². The molecule has 2 aromatic carbocycles. The maximum atomic E-state index is 13.6. The van der Waals surface area contributed by atoms with Crippen molar-refractivity contribution in [1.29, 1.82) is 0 Å². The van der Waals surface area contributed by atoms with Gasteiger partial charge in [0.05, 0.1) is 27.6 Å². The first-order valence-electron chi connectivity index (χ1n) is 11.3. The molecule has 1 aliphatic heterocycles. The molecule has 1 atom stereocenters. The molecule has 1 saturated heterocycles. The molecule has 0 N–H and O–H groups in total. The van der Waals surface area contributed by atoms with Gasteiger partial charge in [-0.1, -0.05) is 12.5 Å². The van der Waals surface area contributed by atoms with Gasteiger partial charge in [0.25, 0.3) is 10.0 Å². The quantitative estimate of drug-likeness (QED) is 0.369. The molecule has 1 aliphatic carbocycles. The van der Waals surface area contributed by atoms with Crippen molar-refractivity contribution in [3.8, 4) is 0 Å². The zero-order valence-electron chi connectivity index (χ0n) is 19.0. The Labute approximate surface area is 206 Å². The van der Waals surface area contributed by atoms with E-state index >= 15 is 0 Å². The molecule has 2 aromatic rings. The zero-order valence-corrected chi connectivity index (χ0v) is 19.8. The van der Waals surface area contributed by atoms with Gasteiger partial charge in [-0.3, -0.25) is 0 Å². The van der Waals surface area contributed by atoms with Crippen molar-refractivity contribution in [2.75, 3.05) is 6.54 Å². The molecule has 0 bridgehead atoms. The van der Waals surface area contributed by atoms with Crippen LogP contribution in [0.2, 0.25) is 0 Å². The fourth-order valence-electron chi connectivity index (χ4n) is 4.44. The van der Waals surface area contributed by atoms with Crippen LogP contribution in [-0.2, 0) is 28.6 Å². The summed E-state index contributed by atoms with van der Waals surface area (Å²) >= 11 is 0. The molecule has 2 fully saturated rings. The Morgan fingerprint density at radius 3 is 1.81 bits per heavy atom.